The molecule has 446 valence electrons. The molecule has 0 unspecified atom stereocenters. The first-order valence-corrected chi connectivity index (χ1v) is 36.3. The van der Waals surface area contributed by atoms with Crippen molar-refractivity contribution in [3.8, 4) is 0 Å². The van der Waals surface area contributed by atoms with Gasteiger partial charge >= 0.3 is 26.4 Å². The lowest BCUT2D eigenvalue weighted by Crippen LogP contribution is -2.46. The minimum atomic E-state index is -2.59. The van der Waals surface area contributed by atoms with Gasteiger partial charge in [0.2, 0.25) is 0 Å². The second-order valence-corrected chi connectivity index (χ2v) is 30.3. The zero-order valence-corrected chi connectivity index (χ0v) is 57.1. The molecule has 9 N–H and O–H groups in total. The average Bonchev–Trinajstić information content (AvgIpc) is 4.08. The van der Waals surface area contributed by atoms with Gasteiger partial charge in [0.25, 0.3) is 5.24 Å². The number of H-pyrrole nitrogens is 2. The van der Waals surface area contributed by atoms with Crippen molar-refractivity contribution in [1.82, 2.24) is 47.4 Å². The number of aromatic nitrogens is 2. The first-order chi connectivity index (χ1) is 36.5. The molecule has 1 amide bonds. The molecule has 0 atom stereocenters. The van der Waals surface area contributed by atoms with Gasteiger partial charge in [0.1, 0.15) is 4.38 Å². The van der Waals surface area contributed by atoms with Gasteiger partial charge in [0, 0.05) is 132 Å². The zero-order valence-electron chi connectivity index (χ0n) is 47.6. The van der Waals surface area contributed by atoms with Crippen molar-refractivity contribution >= 4 is 147 Å². The molecule has 0 saturated heterocycles. The Kier molecular flexibility index (Phi) is 56.8. The molecule has 0 bridgehead atoms. The number of aliphatic imine (C=N–C) groups is 1. The fourth-order valence-corrected chi connectivity index (χ4v) is 15.4. The number of hydrogen-bond donors (Lipinski definition) is 9. The van der Waals surface area contributed by atoms with Crippen LogP contribution in [0.15, 0.2) is 17.6 Å². The third-order valence-corrected chi connectivity index (χ3v) is 22.8. The summed E-state index contributed by atoms with van der Waals surface area (Å²) in [6.07, 6.45) is 11.4. The summed E-state index contributed by atoms with van der Waals surface area (Å²) in [6.45, 7) is 24.2. The molecule has 31 heteroatoms. The smallest absolute Gasteiger partial charge is 0.377 e. The summed E-state index contributed by atoms with van der Waals surface area (Å²) in [5.41, 5.74) is 0. The molecule has 1 aromatic rings. The molecule has 1 aliphatic heterocycles. The monoisotopic (exact) mass is 1280 g/mol. The molecule has 0 saturated carbocycles. The number of unbranched alkanes of at least 4 members (excludes halogenated alkanes) is 3. The first kappa shape index (κ1) is 79.2. The van der Waals surface area contributed by atoms with Crippen molar-refractivity contribution in [2.75, 3.05) is 121 Å². The van der Waals surface area contributed by atoms with Crippen LogP contribution >= 0.6 is 95.9 Å². The van der Waals surface area contributed by atoms with Gasteiger partial charge in [-0.05, 0) is 132 Å². The largest absolute Gasteiger partial charge is 0.500 e. The lowest BCUT2D eigenvalue weighted by molar-refractivity contribution is 0.0708. The van der Waals surface area contributed by atoms with E-state index in [1.54, 1.807) is 60.5 Å². The maximum absolute atomic E-state index is 11.8. The summed E-state index contributed by atoms with van der Waals surface area (Å²) in [6, 6.07) is 2.25. The molecule has 76 heavy (non-hydrogen) atoms. The lowest BCUT2D eigenvalue weighted by Gasteiger charge is -2.28. The minimum absolute atomic E-state index is 0.0513. The highest BCUT2D eigenvalue weighted by Crippen LogP contribution is 2.23. The predicted molar refractivity (Wildman–Crippen MR) is 344 cm³/mol. The van der Waals surface area contributed by atoms with Crippen LogP contribution in [0.5, 0.6) is 0 Å². The number of nitrogens with zero attached hydrogens (tertiary/aromatic N) is 1. The molecule has 0 aromatic carbocycles. The average molecular weight is 1280 g/mol. The number of aromatic amines is 2. The second kappa shape index (κ2) is 54.5. The summed E-state index contributed by atoms with van der Waals surface area (Å²) in [4.78, 5) is 16.0. The Balaban J connectivity index is -0.000000909. The summed E-state index contributed by atoms with van der Waals surface area (Å²) < 4.78 is 51.6. The molecule has 0 fully saturated rings. The fourth-order valence-electron chi connectivity index (χ4n) is 5.84. The maximum atomic E-state index is 11.8. The number of carbonyl (C=O) groups is 1. The normalized spacial score (nSPS) is 11.8. The van der Waals surface area contributed by atoms with Crippen molar-refractivity contribution in [1.29, 1.82) is 0 Å². The van der Waals surface area contributed by atoms with E-state index in [4.69, 9.17) is 101 Å². The van der Waals surface area contributed by atoms with Crippen LogP contribution in [0.3, 0.4) is 0 Å². The maximum Gasteiger partial charge on any atom is 0.500 e. The van der Waals surface area contributed by atoms with Gasteiger partial charge in [0.05, 0.1) is 6.54 Å². The van der Waals surface area contributed by atoms with Gasteiger partial charge in [0.15, 0.2) is 23.2 Å². The Morgan fingerprint density at radius 1 is 0.579 bits per heavy atom. The van der Waals surface area contributed by atoms with E-state index in [1.807, 2.05) is 20.8 Å². The number of carbonyl (C=O) groups excluding carboxylic acids is 1. The van der Waals surface area contributed by atoms with Crippen molar-refractivity contribution < 1.29 is 44.6 Å². The molecule has 2 heterocycles. The van der Waals surface area contributed by atoms with E-state index in [-0.39, 0.29) is 5.24 Å². The standard InChI is InChI=1S/C13H26N2O4S2Si.C11H26N2O3SSi.C10H22N2O3SSi.C9H20N2S.C2H2N2S3/c1-4-17-22(18-5-2,19-6-3)11-7-8-14-12(16)21-13-15-9-10-20-13;1-5-6-8-12-11(17)13-9-7-10-18(14-2,15-3)16-4;1-5-7-11-10(16)12-8-6-9-17(13-2,14-3)15-4;1-3-5-7-10-9(12)11-8-6-4-2;5-1-3-4-2(6)7-1/h4-11H2,1-3H3,(H,14,16);5-10H2,1-4H3,(H2,12,13,17);5H,1,6-9H2,2-4H3,(H2,11,12,16);3-8H2,1-2H3,(H2,10,11,12);(H,3,5)(H,4,6). The Labute approximate surface area is 499 Å². The molecule has 2 rings (SSSR count). The molecule has 0 aliphatic carbocycles. The van der Waals surface area contributed by atoms with Gasteiger partial charge in [-0.1, -0.05) is 69.2 Å². The minimum Gasteiger partial charge on any atom is -0.377 e. The third-order valence-electron chi connectivity index (χ3n) is 9.82. The van der Waals surface area contributed by atoms with Crippen molar-refractivity contribution in [3.05, 3.63) is 20.6 Å². The molecule has 0 spiro atoms. The third kappa shape index (κ3) is 44.7. The lowest BCUT2D eigenvalue weighted by atomic mass is 10.3. The molecule has 20 nitrogen and oxygen atoms in total. The van der Waals surface area contributed by atoms with Crippen molar-refractivity contribution in [2.45, 2.75) is 117 Å². The van der Waals surface area contributed by atoms with E-state index in [1.165, 1.54) is 55.2 Å². The van der Waals surface area contributed by atoms with Crippen LogP contribution in [0.1, 0.15) is 99.3 Å². The van der Waals surface area contributed by atoms with E-state index < -0.39 is 26.4 Å². The van der Waals surface area contributed by atoms with Crippen LogP contribution in [0.4, 0.5) is 4.79 Å². The van der Waals surface area contributed by atoms with Crippen molar-refractivity contribution in [2.24, 2.45) is 4.99 Å². The van der Waals surface area contributed by atoms with E-state index >= 15 is 0 Å². The summed E-state index contributed by atoms with van der Waals surface area (Å²) in [7, 11) is 2.28. The number of hydrogen-bond acceptors (Lipinski definition) is 19. The van der Waals surface area contributed by atoms with Gasteiger partial charge in [-0.25, -0.2) is 0 Å². The number of rotatable bonds is 35. The van der Waals surface area contributed by atoms with Crippen LogP contribution < -0.4 is 37.2 Å². The summed E-state index contributed by atoms with van der Waals surface area (Å²) >= 11 is 28.8. The molecular formula is C45H96N10O10S8Si3. The Bertz CT molecular complexity index is 1690. The quantitative estimate of drug-likeness (QED) is 0.0133. The summed E-state index contributed by atoms with van der Waals surface area (Å²) in [5, 5.41) is 29.1. The fraction of sp³-hybridized carbons (Fsp3) is 0.800. The molecule has 1 aromatic heterocycles. The topological polar surface area (TPSA) is 228 Å². The van der Waals surface area contributed by atoms with Crippen molar-refractivity contribution in [3.63, 3.8) is 0 Å². The van der Waals surface area contributed by atoms with Crippen LogP contribution in [0, 0.1) is 7.91 Å². The van der Waals surface area contributed by atoms with Gasteiger partial charge in [-0.3, -0.25) is 20.0 Å². The Morgan fingerprint density at radius 2 is 0.921 bits per heavy atom. The SMILES string of the molecule is C=CCNC(=S)NCCC[Si](OC)(OC)OC.CCCCNC(=S)NCCCC.CCCCNC(=S)NCCC[Si](OC)(OC)OC.CCO[Si](CCCNC(=O)SC1=NCCS1)(OCC)OCC.S=c1[nH][nH]c(=S)s1. The molecule has 1 aliphatic rings. The highest BCUT2D eigenvalue weighted by atomic mass is 32.2. The molecular weight excluding hydrogens is 1180 g/mol. The van der Waals surface area contributed by atoms with Crippen LogP contribution in [0.2, 0.25) is 18.1 Å². The van der Waals surface area contributed by atoms with E-state index in [0.29, 0.717) is 57.1 Å². The molecule has 0 radical (unpaired) electrons. The van der Waals surface area contributed by atoms with Gasteiger partial charge in [-0.2, -0.15) is 0 Å². The van der Waals surface area contributed by atoms with Gasteiger partial charge < -0.3 is 77.1 Å². The zero-order chi connectivity index (χ0) is 57.8. The number of thioether (sulfide) groups is 2. The summed E-state index contributed by atoms with van der Waals surface area (Å²) in [5.74, 6) is 0.973. The van der Waals surface area contributed by atoms with Crippen LogP contribution in [0.25, 0.3) is 0 Å². The van der Waals surface area contributed by atoms with E-state index in [2.05, 4.69) is 79.8 Å². The predicted octanol–water partition coefficient (Wildman–Crippen LogP) is 9.31. The highest BCUT2D eigenvalue weighted by molar-refractivity contribution is 8.45. The first-order valence-electron chi connectivity index (χ1n) is 25.8. The second-order valence-electron chi connectivity index (χ2n) is 15.5. The van der Waals surface area contributed by atoms with E-state index in [0.717, 1.165) is 92.3 Å². The Hall–Kier alpha value is -1.06. The van der Waals surface area contributed by atoms with Crippen LogP contribution in [-0.2, 0) is 39.8 Å². The number of thiocarbonyl (C=S) groups is 3. The van der Waals surface area contributed by atoms with E-state index in [9.17, 15) is 4.79 Å². The number of nitrogens with one attached hydrogen (secondary N) is 9. The van der Waals surface area contributed by atoms with Gasteiger partial charge in [-0.15, -0.1) is 6.58 Å². The van der Waals surface area contributed by atoms with Crippen LogP contribution in [-0.4, -0.2) is 182 Å². The highest BCUT2D eigenvalue weighted by Gasteiger charge is 2.40. The number of amides is 1. The Morgan fingerprint density at radius 3 is 1.21 bits per heavy atom.